The molecule has 0 bridgehead atoms. The Morgan fingerprint density at radius 2 is 1.87 bits per heavy atom. The van der Waals surface area contributed by atoms with Gasteiger partial charge >= 0.3 is 0 Å². The molecule has 30 heavy (non-hydrogen) atoms. The lowest BCUT2D eigenvalue weighted by Gasteiger charge is -2.39. The molecule has 2 saturated heterocycles. The topological polar surface area (TPSA) is 42.0 Å². The number of nitrogens with zero attached hydrogens (tertiary/aromatic N) is 2. The van der Waals surface area contributed by atoms with Crippen LogP contribution in [0.15, 0.2) is 48.5 Å². The molecule has 0 aliphatic carbocycles. The van der Waals surface area contributed by atoms with Crippen LogP contribution in [0.2, 0.25) is 5.02 Å². The second kappa shape index (κ2) is 9.38. The van der Waals surface area contributed by atoms with Crippen molar-refractivity contribution in [1.29, 1.82) is 0 Å². The molecular weight excluding hydrogens is 400 g/mol. The van der Waals surface area contributed by atoms with E-state index in [0.717, 1.165) is 48.9 Å². The first kappa shape index (κ1) is 21.2. The number of piperidine rings is 1. The van der Waals surface area contributed by atoms with E-state index >= 15 is 0 Å². The monoisotopic (exact) mass is 428 g/mol. The van der Waals surface area contributed by atoms with Crippen LogP contribution in [0.5, 0.6) is 5.75 Å². The number of halogens is 1. The van der Waals surface area contributed by atoms with E-state index in [1.54, 1.807) is 14.2 Å². The van der Waals surface area contributed by atoms with Gasteiger partial charge in [0.25, 0.3) is 0 Å². The molecule has 0 spiro atoms. The summed E-state index contributed by atoms with van der Waals surface area (Å²) in [6, 6.07) is 16.9. The molecule has 3 atom stereocenters. The highest BCUT2D eigenvalue weighted by molar-refractivity contribution is 6.31. The van der Waals surface area contributed by atoms with Gasteiger partial charge in [-0.3, -0.25) is 9.69 Å². The average Bonchev–Trinajstić information content (AvgIpc) is 3.13. The van der Waals surface area contributed by atoms with E-state index in [1.165, 1.54) is 5.56 Å². The van der Waals surface area contributed by atoms with Gasteiger partial charge in [-0.15, -0.1) is 0 Å². The molecule has 2 aliphatic rings. The lowest BCUT2D eigenvalue weighted by molar-refractivity contribution is -0.137. The lowest BCUT2D eigenvalue weighted by atomic mass is 9.81. The first-order valence-corrected chi connectivity index (χ1v) is 10.9. The normalized spacial score (nSPS) is 24.0. The molecule has 2 fully saturated rings. The summed E-state index contributed by atoms with van der Waals surface area (Å²) in [6.45, 7) is 3.48. The van der Waals surface area contributed by atoms with Gasteiger partial charge in [-0.05, 0) is 35.7 Å². The van der Waals surface area contributed by atoms with Gasteiger partial charge in [0.05, 0.1) is 7.11 Å². The van der Waals surface area contributed by atoms with Gasteiger partial charge in [-0.1, -0.05) is 41.9 Å². The summed E-state index contributed by atoms with van der Waals surface area (Å²) < 4.78 is 10.4. The summed E-state index contributed by atoms with van der Waals surface area (Å²) >= 11 is 6.46. The minimum atomic E-state index is 0.0778. The van der Waals surface area contributed by atoms with Crippen LogP contribution < -0.4 is 4.74 Å². The second-order valence-electron chi connectivity index (χ2n) is 8.19. The maximum absolute atomic E-state index is 12.5. The fourth-order valence-electron chi connectivity index (χ4n) is 5.01. The molecule has 0 aromatic heterocycles. The predicted molar refractivity (Wildman–Crippen MR) is 118 cm³/mol. The van der Waals surface area contributed by atoms with Gasteiger partial charge in [0.2, 0.25) is 5.91 Å². The fraction of sp³-hybridized carbons (Fsp3) is 0.458. The number of rotatable bonds is 6. The van der Waals surface area contributed by atoms with Crippen molar-refractivity contribution in [1.82, 2.24) is 9.80 Å². The van der Waals surface area contributed by atoms with Gasteiger partial charge in [-0.25, -0.2) is 0 Å². The van der Waals surface area contributed by atoms with Crippen LogP contribution in [0.4, 0.5) is 0 Å². The summed E-state index contributed by atoms with van der Waals surface area (Å²) in [5, 5.41) is 0.814. The average molecular weight is 429 g/mol. The molecule has 160 valence electrons. The first-order chi connectivity index (χ1) is 14.6. The van der Waals surface area contributed by atoms with Crippen molar-refractivity contribution in [2.45, 2.75) is 24.9 Å². The third kappa shape index (κ3) is 4.34. The molecule has 0 unspecified atom stereocenters. The van der Waals surface area contributed by atoms with E-state index in [0.29, 0.717) is 17.9 Å². The van der Waals surface area contributed by atoms with Crippen molar-refractivity contribution in [2.75, 3.05) is 40.5 Å². The third-order valence-corrected chi connectivity index (χ3v) is 6.90. The SMILES string of the molecule is COCC(=O)N1CC[C@@H]2[C@H](C1)[C@@H](c1ccc(OC)cc1)CN2Cc1ccccc1Cl. The van der Waals surface area contributed by atoms with Gasteiger partial charge in [0.1, 0.15) is 12.4 Å². The quantitative estimate of drug-likeness (QED) is 0.701. The summed E-state index contributed by atoms with van der Waals surface area (Å²) in [4.78, 5) is 17.0. The van der Waals surface area contributed by atoms with E-state index < -0.39 is 0 Å². The Balaban J connectivity index is 1.59. The van der Waals surface area contributed by atoms with Crippen LogP contribution in [-0.4, -0.2) is 62.2 Å². The molecule has 2 heterocycles. The highest BCUT2D eigenvalue weighted by atomic mass is 35.5. The van der Waals surface area contributed by atoms with E-state index in [4.69, 9.17) is 21.1 Å². The molecule has 2 aliphatic heterocycles. The van der Waals surface area contributed by atoms with Crippen LogP contribution in [0, 0.1) is 5.92 Å². The molecule has 0 N–H and O–H groups in total. The van der Waals surface area contributed by atoms with Crippen LogP contribution >= 0.6 is 11.6 Å². The maximum atomic E-state index is 12.5. The predicted octanol–water partition coefficient (Wildman–Crippen LogP) is 3.81. The minimum Gasteiger partial charge on any atom is -0.497 e. The largest absolute Gasteiger partial charge is 0.497 e. The molecule has 0 radical (unpaired) electrons. The van der Waals surface area contributed by atoms with Crippen molar-refractivity contribution < 1.29 is 14.3 Å². The van der Waals surface area contributed by atoms with Crippen LogP contribution in [0.3, 0.4) is 0 Å². The first-order valence-electron chi connectivity index (χ1n) is 10.5. The Bertz CT molecular complexity index is 873. The molecule has 4 rings (SSSR count). The number of methoxy groups -OCH3 is 2. The molecular formula is C24H29ClN2O3. The Morgan fingerprint density at radius 1 is 1.10 bits per heavy atom. The maximum Gasteiger partial charge on any atom is 0.248 e. The number of carbonyl (C=O) groups excluding carboxylic acids is 1. The molecule has 6 heteroatoms. The highest BCUT2D eigenvalue weighted by Crippen LogP contribution is 2.42. The van der Waals surface area contributed by atoms with E-state index in [1.807, 2.05) is 35.2 Å². The summed E-state index contributed by atoms with van der Waals surface area (Å²) in [6.07, 6.45) is 0.969. The number of carbonyl (C=O) groups is 1. The Hall–Kier alpha value is -2.08. The minimum absolute atomic E-state index is 0.0778. The van der Waals surface area contributed by atoms with E-state index in [-0.39, 0.29) is 12.5 Å². The van der Waals surface area contributed by atoms with Gasteiger partial charge < -0.3 is 14.4 Å². The van der Waals surface area contributed by atoms with Crippen molar-refractivity contribution >= 4 is 17.5 Å². The van der Waals surface area contributed by atoms with Gasteiger partial charge in [-0.2, -0.15) is 0 Å². The fourth-order valence-corrected chi connectivity index (χ4v) is 5.21. The number of amides is 1. The van der Waals surface area contributed by atoms with Crippen LogP contribution in [-0.2, 0) is 16.1 Å². The zero-order chi connectivity index (χ0) is 21.1. The second-order valence-corrected chi connectivity index (χ2v) is 8.60. The van der Waals surface area contributed by atoms with Gasteiger partial charge in [0.15, 0.2) is 0 Å². The molecule has 0 saturated carbocycles. The van der Waals surface area contributed by atoms with Crippen molar-refractivity contribution in [3.8, 4) is 5.75 Å². The Labute approximate surface area is 183 Å². The zero-order valence-corrected chi connectivity index (χ0v) is 18.3. The zero-order valence-electron chi connectivity index (χ0n) is 17.6. The number of ether oxygens (including phenoxy) is 2. The van der Waals surface area contributed by atoms with Crippen LogP contribution in [0.25, 0.3) is 0 Å². The number of benzene rings is 2. The van der Waals surface area contributed by atoms with Crippen LogP contribution in [0.1, 0.15) is 23.5 Å². The summed E-state index contributed by atoms with van der Waals surface area (Å²) in [5.41, 5.74) is 2.46. The van der Waals surface area contributed by atoms with Crippen molar-refractivity contribution in [3.63, 3.8) is 0 Å². The summed E-state index contributed by atoms with van der Waals surface area (Å²) in [7, 11) is 3.26. The smallest absolute Gasteiger partial charge is 0.248 e. The molecule has 2 aromatic rings. The molecule has 5 nitrogen and oxygen atoms in total. The Morgan fingerprint density at radius 3 is 2.57 bits per heavy atom. The van der Waals surface area contributed by atoms with Crippen molar-refractivity contribution in [2.24, 2.45) is 5.92 Å². The standard InChI is InChI=1S/C24H29ClN2O3/c1-29-16-24(28)26-12-11-23-21(15-26)20(17-7-9-19(30-2)10-8-17)14-27(23)13-18-5-3-4-6-22(18)25/h3-10,20-21,23H,11-16H2,1-2H3/t20-,21-,23-/m1/s1. The van der Waals surface area contributed by atoms with E-state index in [2.05, 4.69) is 23.1 Å². The molecule has 2 aromatic carbocycles. The lowest BCUT2D eigenvalue weighted by Crippen LogP contribution is -2.49. The van der Waals surface area contributed by atoms with E-state index in [9.17, 15) is 4.79 Å². The van der Waals surface area contributed by atoms with Crippen molar-refractivity contribution in [3.05, 3.63) is 64.7 Å². The third-order valence-electron chi connectivity index (χ3n) is 6.53. The number of hydrogen-bond acceptors (Lipinski definition) is 4. The molecule has 1 amide bonds. The number of likely N-dealkylation sites (tertiary alicyclic amines) is 2. The van der Waals surface area contributed by atoms with Gasteiger partial charge in [0, 0.05) is 56.2 Å². The Kier molecular flexibility index (Phi) is 6.61. The number of fused-ring (bicyclic) bond motifs is 1. The highest BCUT2D eigenvalue weighted by Gasteiger charge is 2.45. The summed E-state index contributed by atoms with van der Waals surface area (Å²) in [5.74, 6) is 1.69. The number of hydrogen-bond donors (Lipinski definition) is 0.